The van der Waals surface area contributed by atoms with Crippen molar-refractivity contribution in [3.05, 3.63) is 66.2 Å². The molecule has 2 saturated heterocycles. The van der Waals surface area contributed by atoms with Gasteiger partial charge in [-0.3, -0.25) is 37.7 Å². The number of rotatable bonds is 14. The molecule has 2 aromatic heterocycles. The van der Waals surface area contributed by atoms with Gasteiger partial charge in [0.25, 0.3) is 11.1 Å². The maximum absolute atomic E-state index is 12.2. The van der Waals surface area contributed by atoms with Gasteiger partial charge in [-0.05, 0) is 0 Å². The lowest BCUT2D eigenvalue weighted by atomic mass is 10.1. The molecule has 2 aliphatic heterocycles. The Balaban J connectivity index is 1.31. The Hall–Kier alpha value is -2.32. The van der Waals surface area contributed by atoms with Gasteiger partial charge in [0.2, 0.25) is 0 Å². The summed E-state index contributed by atoms with van der Waals surface area (Å²) in [4.78, 5) is 89.1. The average molecular weight is 790 g/mol. The summed E-state index contributed by atoms with van der Waals surface area (Å²) in [5.74, 6) is 0. The highest BCUT2D eigenvalue weighted by Crippen LogP contribution is 2.71. The van der Waals surface area contributed by atoms with Gasteiger partial charge in [-0.1, -0.05) is 0 Å². The molecular formula is C18H26N4O23P4. The molecule has 31 heteroatoms. The fourth-order valence-electron chi connectivity index (χ4n) is 4.25. The molecular weight excluding hydrogens is 764 g/mol. The first-order chi connectivity index (χ1) is 22.5. The minimum Gasteiger partial charge on any atom is -0.387 e. The van der Waals surface area contributed by atoms with Gasteiger partial charge in [-0.25, -0.2) is 27.8 Å². The number of ether oxygens (including phenoxy) is 2. The lowest BCUT2D eigenvalue weighted by Crippen LogP contribution is -2.37. The normalized spacial score (nSPS) is 32.2. The summed E-state index contributed by atoms with van der Waals surface area (Å²) in [7, 11) is -24.1. The Labute approximate surface area is 268 Å². The van der Waals surface area contributed by atoms with Crippen LogP contribution in [-0.4, -0.2) is 109 Å². The van der Waals surface area contributed by atoms with Crippen molar-refractivity contribution in [2.45, 2.75) is 49.1 Å². The van der Waals surface area contributed by atoms with E-state index in [9.17, 15) is 77.4 Å². The van der Waals surface area contributed by atoms with Crippen LogP contribution < -0.4 is 22.5 Å². The van der Waals surface area contributed by atoms with Crippen LogP contribution in [0.1, 0.15) is 12.5 Å². The van der Waals surface area contributed by atoms with E-state index < -0.39 is 116 Å². The Morgan fingerprint density at radius 3 is 1.24 bits per heavy atom. The predicted octanol–water partition coefficient (Wildman–Crippen LogP) is -4.19. The summed E-state index contributed by atoms with van der Waals surface area (Å²) < 4.78 is 80.5. The number of H-pyrrole nitrogens is 2. The SMILES string of the molecule is O=c1ccn(C2OC(COP(=O)(O)OP(=O)(O)OP(=O)(O)OP(=O)(O)OCC3OC(n4ccc(=O)[nH]c4=O)[C@H](O)C3O)C(O)C2O)c(=O)[nH]1. The zero-order chi connectivity index (χ0) is 36.7. The van der Waals surface area contributed by atoms with Gasteiger partial charge in [-0.15, -0.1) is 0 Å². The highest BCUT2D eigenvalue weighted by Gasteiger charge is 2.49. The number of aromatic amines is 2. The zero-order valence-electron chi connectivity index (χ0n) is 23.7. The monoisotopic (exact) mass is 790 g/mol. The highest BCUT2D eigenvalue weighted by atomic mass is 31.3. The maximum atomic E-state index is 12.2. The number of aromatic nitrogens is 4. The van der Waals surface area contributed by atoms with Gasteiger partial charge < -0.3 is 49.5 Å². The van der Waals surface area contributed by atoms with Crippen LogP contribution >= 0.6 is 31.3 Å². The second-order valence-corrected chi connectivity index (χ2v) is 16.1. The summed E-state index contributed by atoms with van der Waals surface area (Å²) in [5, 5.41) is 40.7. The van der Waals surface area contributed by atoms with Crippen molar-refractivity contribution in [1.29, 1.82) is 0 Å². The molecule has 49 heavy (non-hydrogen) atoms. The minimum atomic E-state index is -6.24. The van der Waals surface area contributed by atoms with Crippen LogP contribution in [0.5, 0.6) is 0 Å². The number of nitrogens with zero attached hydrogens (tertiary/aromatic N) is 2. The Morgan fingerprint density at radius 2 is 0.918 bits per heavy atom. The van der Waals surface area contributed by atoms with Crippen LogP contribution in [0.15, 0.2) is 43.7 Å². The lowest BCUT2D eigenvalue weighted by Gasteiger charge is -2.21. The number of phosphoric acid groups is 4. The van der Waals surface area contributed by atoms with Gasteiger partial charge in [0.15, 0.2) is 12.5 Å². The van der Waals surface area contributed by atoms with E-state index in [2.05, 4.69) is 22.0 Å². The molecule has 4 rings (SSSR count). The topological polar surface area (TPSA) is 404 Å². The fraction of sp³-hybridized carbons (Fsp3) is 0.556. The van der Waals surface area contributed by atoms with E-state index in [1.54, 1.807) is 0 Å². The van der Waals surface area contributed by atoms with E-state index in [0.717, 1.165) is 24.5 Å². The molecule has 0 saturated carbocycles. The number of hydrogen-bond acceptors (Lipinski definition) is 19. The van der Waals surface area contributed by atoms with Crippen LogP contribution in [0.2, 0.25) is 0 Å². The Kier molecular flexibility index (Phi) is 11.9. The standard InChI is InChI=1S/C18H26N4O23P4/c23-9-1-3-21(17(29)19-9)15-13(27)11(25)7(41-15)5-39-46(31,32)43-48(35,36)45-49(37,38)44-47(33,34)40-6-8-12(26)14(28)16(42-8)22-4-2-10(24)20-18(22)30/h1-4,7-8,11-16,25-28H,5-6H2,(H,31,32)(H,33,34)(H,35,36)(H,37,38)(H,19,23,29)(H,20,24,30)/t7?,8?,11?,12?,13-,14?,15?,16?/m1/s1. The van der Waals surface area contributed by atoms with Crippen LogP contribution in [0.3, 0.4) is 0 Å². The first-order valence-electron chi connectivity index (χ1n) is 12.9. The zero-order valence-corrected chi connectivity index (χ0v) is 27.3. The molecule has 0 amide bonds. The van der Waals surface area contributed by atoms with Crippen LogP contribution in [-0.2, 0) is 49.7 Å². The third-order valence-corrected chi connectivity index (χ3v) is 12.3. The van der Waals surface area contributed by atoms with Crippen molar-refractivity contribution in [3.8, 4) is 0 Å². The van der Waals surface area contributed by atoms with E-state index in [-0.39, 0.29) is 0 Å². The molecule has 2 aliphatic rings. The van der Waals surface area contributed by atoms with Crippen molar-refractivity contribution in [1.82, 2.24) is 19.1 Å². The summed E-state index contributed by atoms with van der Waals surface area (Å²) in [6.07, 6.45) is -12.6. The van der Waals surface area contributed by atoms with Crippen LogP contribution in [0.25, 0.3) is 0 Å². The van der Waals surface area contributed by atoms with Gasteiger partial charge in [0, 0.05) is 24.5 Å². The molecule has 0 aliphatic carbocycles. The molecule has 2 fully saturated rings. The van der Waals surface area contributed by atoms with E-state index in [1.807, 2.05) is 9.97 Å². The second-order valence-electron chi connectivity index (χ2n) is 9.84. The predicted molar refractivity (Wildman–Crippen MR) is 149 cm³/mol. The summed E-state index contributed by atoms with van der Waals surface area (Å²) in [6, 6.07) is 1.73. The third kappa shape index (κ3) is 9.93. The smallest absolute Gasteiger partial charge is 0.387 e. The average Bonchev–Trinajstić information content (AvgIpc) is 3.38. The lowest BCUT2D eigenvalue weighted by molar-refractivity contribution is -0.0544. The highest BCUT2D eigenvalue weighted by molar-refractivity contribution is 7.69. The first-order valence-corrected chi connectivity index (χ1v) is 18.9. The number of hydrogen-bond donors (Lipinski definition) is 10. The molecule has 2 aromatic rings. The largest absolute Gasteiger partial charge is 0.490 e. The molecule has 0 spiro atoms. The number of nitrogens with one attached hydrogen (secondary N) is 2. The molecule has 276 valence electrons. The maximum Gasteiger partial charge on any atom is 0.490 e. The molecule has 0 bridgehead atoms. The summed E-state index contributed by atoms with van der Waals surface area (Å²) in [5.41, 5.74) is -3.78. The molecule has 27 nitrogen and oxygen atoms in total. The van der Waals surface area contributed by atoms with Crippen LogP contribution in [0.4, 0.5) is 0 Å². The molecule has 11 unspecified atom stereocenters. The summed E-state index contributed by atoms with van der Waals surface area (Å²) in [6.45, 7) is -2.43. The number of aliphatic hydroxyl groups excluding tert-OH is 4. The molecule has 0 radical (unpaired) electrons. The third-order valence-electron chi connectivity index (χ3n) is 6.35. The van der Waals surface area contributed by atoms with E-state index >= 15 is 0 Å². The van der Waals surface area contributed by atoms with Crippen molar-refractivity contribution in [2.75, 3.05) is 13.2 Å². The first kappa shape index (κ1) is 39.5. The molecule has 12 atom stereocenters. The Bertz CT molecular complexity index is 1820. The Morgan fingerprint density at radius 1 is 0.592 bits per heavy atom. The van der Waals surface area contributed by atoms with Gasteiger partial charge in [0.1, 0.15) is 36.6 Å². The van der Waals surface area contributed by atoms with Gasteiger partial charge >= 0.3 is 42.7 Å². The number of phosphoric ester groups is 2. The van der Waals surface area contributed by atoms with Gasteiger partial charge in [0.05, 0.1) is 13.2 Å². The van der Waals surface area contributed by atoms with Crippen LogP contribution in [0, 0.1) is 0 Å². The van der Waals surface area contributed by atoms with E-state index in [4.69, 9.17) is 9.47 Å². The summed E-state index contributed by atoms with van der Waals surface area (Å²) >= 11 is 0. The van der Waals surface area contributed by atoms with Gasteiger partial charge in [-0.2, -0.15) is 12.9 Å². The fourth-order valence-corrected chi connectivity index (χ4v) is 9.20. The molecule has 4 heterocycles. The quantitative estimate of drug-likeness (QED) is 0.0811. The number of aliphatic hydroxyl groups is 4. The van der Waals surface area contributed by atoms with E-state index in [1.165, 1.54) is 0 Å². The minimum absolute atomic E-state index is 0.642. The van der Waals surface area contributed by atoms with Crippen molar-refractivity contribution >= 4 is 31.3 Å². The molecule has 10 N–H and O–H groups in total. The second kappa shape index (κ2) is 14.7. The van der Waals surface area contributed by atoms with Crippen molar-refractivity contribution < 1.29 is 89.7 Å². The van der Waals surface area contributed by atoms with E-state index in [0.29, 0.717) is 9.13 Å². The van der Waals surface area contributed by atoms with Crippen molar-refractivity contribution in [3.63, 3.8) is 0 Å². The van der Waals surface area contributed by atoms with Crippen molar-refractivity contribution in [2.24, 2.45) is 0 Å². The molecule has 0 aromatic carbocycles.